The molecule has 0 aromatic heterocycles. The van der Waals surface area contributed by atoms with Crippen molar-refractivity contribution < 1.29 is 13.9 Å². The molecule has 118 valence electrons. The van der Waals surface area contributed by atoms with Crippen LogP contribution in [0, 0.1) is 0 Å². The molecule has 0 saturated carbocycles. The molecule has 1 aliphatic heterocycles. The van der Waals surface area contributed by atoms with Crippen LogP contribution in [0.1, 0.15) is 44.2 Å². The lowest BCUT2D eigenvalue weighted by Gasteiger charge is -2.31. The molecule has 1 saturated heterocycles. The first-order valence-corrected chi connectivity index (χ1v) is 7.64. The van der Waals surface area contributed by atoms with Gasteiger partial charge >= 0.3 is 0 Å². The first kappa shape index (κ1) is 16.4. The molecule has 0 radical (unpaired) electrons. The molecule has 21 heavy (non-hydrogen) atoms. The fourth-order valence-corrected chi connectivity index (χ4v) is 2.56. The van der Waals surface area contributed by atoms with Crippen LogP contribution < -0.4 is 0 Å². The maximum absolute atomic E-state index is 13.1. The average molecular weight is 297 g/mol. The second-order valence-electron chi connectivity index (χ2n) is 6.76. The van der Waals surface area contributed by atoms with Crippen molar-refractivity contribution in [3.8, 4) is 0 Å². The second kappa shape index (κ2) is 6.41. The van der Waals surface area contributed by atoms with Gasteiger partial charge in [-0.2, -0.15) is 0 Å². The summed E-state index contributed by atoms with van der Waals surface area (Å²) in [6.45, 7) is 5.30. The largest absolute Gasteiger partial charge is 0.390 e. The quantitative estimate of drug-likeness (QED) is 0.897. The minimum atomic E-state index is -2.47. The standard InChI is InChI=1S/C17H25F2NO/c1-16(2,21)8-7-14-3-5-15(6-4-14)13-20-11-9-17(18,19)10-12-20/h3-6,21H,7-13H2,1-2H3. The van der Waals surface area contributed by atoms with Crippen molar-refractivity contribution in [3.63, 3.8) is 0 Å². The highest BCUT2D eigenvalue weighted by Crippen LogP contribution is 2.28. The van der Waals surface area contributed by atoms with E-state index in [0.717, 1.165) is 24.9 Å². The van der Waals surface area contributed by atoms with Gasteiger partial charge in [0.1, 0.15) is 0 Å². The van der Waals surface area contributed by atoms with Crippen LogP contribution in [0.25, 0.3) is 0 Å². The maximum Gasteiger partial charge on any atom is 0.250 e. The number of aliphatic hydroxyl groups is 1. The Bertz CT molecular complexity index is 441. The fourth-order valence-electron chi connectivity index (χ4n) is 2.56. The van der Waals surface area contributed by atoms with Crippen LogP contribution >= 0.6 is 0 Å². The molecule has 0 unspecified atom stereocenters. The molecule has 1 heterocycles. The van der Waals surface area contributed by atoms with Gasteiger partial charge < -0.3 is 5.11 Å². The molecule has 2 nitrogen and oxygen atoms in total. The monoisotopic (exact) mass is 297 g/mol. The highest BCUT2D eigenvalue weighted by molar-refractivity contribution is 5.22. The van der Waals surface area contributed by atoms with Crippen molar-refractivity contribution >= 4 is 0 Å². The van der Waals surface area contributed by atoms with E-state index < -0.39 is 11.5 Å². The summed E-state index contributed by atoms with van der Waals surface area (Å²) in [4.78, 5) is 2.09. The van der Waals surface area contributed by atoms with Gasteiger partial charge in [-0.05, 0) is 37.8 Å². The number of piperidine rings is 1. The van der Waals surface area contributed by atoms with E-state index in [9.17, 15) is 13.9 Å². The molecule has 2 rings (SSSR count). The van der Waals surface area contributed by atoms with Crippen LogP contribution in [0.3, 0.4) is 0 Å². The number of aryl methyl sites for hydroxylation is 1. The van der Waals surface area contributed by atoms with Gasteiger partial charge in [0.15, 0.2) is 0 Å². The minimum Gasteiger partial charge on any atom is -0.390 e. The summed E-state index contributed by atoms with van der Waals surface area (Å²) >= 11 is 0. The van der Waals surface area contributed by atoms with Crippen molar-refractivity contribution in [1.29, 1.82) is 0 Å². The molecule has 1 aliphatic rings. The summed E-state index contributed by atoms with van der Waals surface area (Å²) in [5.41, 5.74) is 1.72. The Morgan fingerprint density at radius 2 is 1.62 bits per heavy atom. The number of nitrogens with zero attached hydrogens (tertiary/aromatic N) is 1. The van der Waals surface area contributed by atoms with Crippen molar-refractivity contribution in [2.45, 2.75) is 57.6 Å². The van der Waals surface area contributed by atoms with Crippen LogP contribution in [0.2, 0.25) is 0 Å². The summed E-state index contributed by atoms with van der Waals surface area (Å²) in [7, 11) is 0. The number of benzene rings is 1. The summed E-state index contributed by atoms with van der Waals surface area (Å²) in [6, 6.07) is 8.26. The molecule has 4 heteroatoms. The van der Waals surface area contributed by atoms with E-state index in [2.05, 4.69) is 29.2 Å². The summed E-state index contributed by atoms with van der Waals surface area (Å²) in [6.07, 6.45) is 1.51. The van der Waals surface area contributed by atoms with Crippen LogP contribution in [0.15, 0.2) is 24.3 Å². The van der Waals surface area contributed by atoms with Gasteiger partial charge in [0.25, 0.3) is 5.92 Å². The Morgan fingerprint density at radius 3 is 2.14 bits per heavy atom. The molecule has 1 N–H and O–H groups in total. The van der Waals surface area contributed by atoms with Gasteiger partial charge in [-0.1, -0.05) is 24.3 Å². The second-order valence-corrected chi connectivity index (χ2v) is 6.76. The van der Waals surface area contributed by atoms with Gasteiger partial charge in [0, 0.05) is 32.5 Å². The number of rotatable bonds is 5. The molecule has 1 fully saturated rings. The van der Waals surface area contributed by atoms with Gasteiger partial charge in [-0.15, -0.1) is 0 Å². The molecule has 1 aromatic rings. The van der Waals surface area contributed by atoms with E-state index >= 15 is 0 Å². The van der Waals surface area contributed by atoms with Crippen molar-refractivity contribution in [1.82, 2.24) is 4.90 Å². The van der Waals surface area contributed by atoms with Gasteiger partial charge in [0.05, 0.1) is 5.60 Å². The summed E-state index contributed by atoms with van der Waals surface area (Å²) in [5, 5.41) is 9.72. The van der Waals surface area contributed by atoms with Crippen LogP contribution in [-0.2, 0) is 13.0 Å². The SMILES string of the molecule is CC(C)(O)CCc1ccc(CN2CCC(F)(F)CC2)cc1. The first-order valence-electron chi connectivity index (χ1n) is 7.64. The molecule has 1 aromatic carbocycles. The van der Waals surface area contributed by atoms with Crippen LogP contribution in [0.4, 0.5) is 8.78 Å². The van der Waals surface area contributed by atoms with E-state index in [1.54, 1.807) is 0 Å². The number of halogens is 2. The minimum absolute atomic E-state index is 0.0311. The molecule has 0 aliphatic carbocycles. The van der Waals surface area contributed by atoms with Crippen LogP contribution in [-0.4, -0.2) is 34.6 Å². The molecule has 0 amide bonds. The third-order valence-electron chi connectivity index (χ3n) is 4.04. The molecule has 0 bridgehead atoms. The number of likely N-dealkylation sites (tertiary alicyclic amines) is 1. The van der Waals surface area contributed by atoms with E-state index in [1.165, 1.54) is 5.56 Å². The smallest absolute Gasteiger partial charge is 0.250 e. The van der Waals surface area contributed by atoms with E-state index in [0.29, 0.717) is 13.1 Å². The van der Waals surface area contributed by atoms with E-state index in [1.807, 2.05) is 13.8 Å². The number of alkyl halides is 2. The van der Waals surface area contributed by atoms with Gasteiger partial charge in [0.2, 0.25) is 0 Å². The third-order valence-corrected chi connectivity index (χ3v) is 4.04. The maximum atomic E-state index is 13.1. The first-order chi connectivity index (χ1) is 9.73. The van der Waals surface area contributed by atoms with Crippen molar-refractivity contribution in [3.05, 3.63) is 35.4 Å². The summed E-state index contributed by atoms with van der Waals surface area (Å²) in [5.74, 6) is -2.47. The van der Waals surface area contributed by atoms with Crippen molar-refractivity contribution in [2.24, 2.45) is 0 Å². The Balaban J connectivity index is 1.83. The third kappa shape index (κ3) is 5.71. The lowest BCUT2D eigenvalue weighted by molar-refractivity contribution is -0.0566. The highest BCUT2D eigenvalue weighted by atomic mass is 19.3. The lowest BCUT2D eigenvalue weighted by Crippen LogP contribution is -2.38. The predicted octanol–water partition coefficient (Wildman–Crippen LogP) is 3.62. The van der Waals surface area contributed by atoms with E-state index in [4.69, 9.17) is 0 Å². The zero-order valence-electron chi connectivity index (χ0n) is 12.9. The number of hydrogen-bond donors (Lipinski definition) is 1. The average Bonchev–Trinajstić information content (AvgIpc) is 2.40. The molecule has 0 spiro atoms. The zero-order valence-corrected chi connectivity index (χ0v) is 12.9. The Labute approximate surface area is 125 Å². The predicted molar refractivity (Wildman–Crippen MR) is 80.5 cm³/mol. The Kier molecular flexibility index (Phi) is 4.99. The normalized spacial score (nSPS) is 19.7. The van der Waals surface area contributed by atoms with Gasteiger partial charge in [-0.25, -0.2) is 8.78 Å². The Morgan fingerprint density at radius 1 is 1.10 bits per heavy atom. The van der Waals surface area contributed by atoms with Crippen molar-refractivity contribution in [2.75, 3.05) is 13.1 Å². The topological polar surface area (TPSA) is 23.5 Å². The molecular weight excluding hydrogens is 272 g/mol. The van der Waals surface area contributed by atoms with Crippen LogP contribution in [0.5, 0.6) is 0 Å². The summed E-state index contributed by atoms with van der Waals surface area (Å²) < 4.78 is 26.2. The zero-order chi connectivity index (χ0) is 15.5. The molecule has 0 atom stereocenters. The van der Waals surface area contributed by atoms with Gasteiger partial charge in [-0.3, -0.25) is 4.90 Å². The Hall–Kier alpha value is -1.00. The van der Waals surface area contributed by atoms with E-state index in [-0.39, 0.29) is 12.8 Å². The molecular formula is C17H25F2NO. The lowest BCUT2D eigenvalue weighted by atomic mass is 9.98. The highest BCUT2D eigenvalue weighted by Gasteiger charge is 2.33. The fraction of sp³-hybridized carbons (Fsp3) is 0.647. The number of hydrogen-bond acceptors (Lipinski definition) is 2.